The van der Waals surface area contributed by atoms with Crippen LogP contribution in [-0.4, -0.2) is 0 Å². The van der Waals surface area contributed by atoms with Crippen LogP contribution in [0.25, 0.3) is 0 Å². The van der Waals surface area contributed by atoms with Gasteiger partial charge in [0.2, 0.25) is 0 Å². The minimum absolute atomic E-state index is 5.25. The fourth-order valence-corrected chi connectivity index (χ4v) is 0. The Morgan fingerprint density at radius 3 is 0.800 bits per heavy atom. The Morgan fingerprint density at radius 2 is 0.800 bits per heavy atom. The minimum atomic E-state index is -5.25. The summed E-state index contributed by atoms with van der Waals surface area (Å²) >= 11 is -5.25. The second-order valence-corrected chi connectivity index (χ2v) is 1.30. The fourth-order valence-electron chi connectivity index (χ4n) is 0. The van der Waals surface area contributed by atoms with Crippen molar-refractivity contribution in [1.82, 2.24) is 0 Å². The molecule has 0 heterocycles. The van der Waals surface area contributed by atoms with Crippen LogP contribution in [0.1, 0.15) is 0 Å². The van der Waals surface area contributed by atoms with Crippen molar-refractivity contribution in [1.29, 1.82) is 0 Å². The predicted molar refractivity (Wildman–Crippen MR) is 2.75 cm³/mol. The third-order valence-electron chi connectivity index (χ3n) is 0. The van der Waals surface area contributed by atoms with E-state index in [2.05, 4.69) is 0 Å². The van der Waals surface area contributed by atoms with Crippen molar-refractivity contribution in [3.8, 4) is 0 Å². The van der Waals surface area contributed by atoms with Crippen LogP contribution in [0.5, 0.6) is 0 Å². The van der Waals surface area contributed by atoms with E-state index in [1.54, 1.807) is 0 Å². The van der Waals surface area contributed by atoms with E-state index in [1.807, 2.05) is 0 Å². The molecule has 0 fully saturated rings. The van der Waals surface area contributed by atoms with Crippen LogP contribution >= 0.6 is 0 Å². The molecule has 0 aliphatic carbocycles. The van der Waals surface area contributed by atoms with Gasteiger partial charge in [0.15, 0.2) is 0 Å². The molecule has 0 aliphatic rings. The van der Waals surface area contributed by atoms with E-state index in [-0.39, 0.29) is 0 Å². The van der Waals surface area contributed by atoms with Gasteiger partial charge in [-0.05, 0) is 0 Å². The van der Waals surface area contributed by atoms with Gasteiger partial charge in [-0.1, -0.05) is 0 Å². The molecule has 0 spiro atoms. The molecule has 0 saturated carbocycles. The Hall–Kier alpha value is -0.306. The summed E-state index contributed by atoms with van der Waals surface area (Å²) in [6, 6.07) is 0. The molecule has 0 amide bonds. The first-order chi connectivity index (χ1) is 2.00. The Kier molecular flexibility index (Phi) is 0.776. The molecule has 40 valence electrons. The van der Waals surface area contributed by atoms with Gasteiger partial charge in [0.25, 0.3) is 0 Å². The van der Waals surface area contributed by atoms with E-state index >= 15 is 0 Å². The van der Waals surface area contributed by atoms with Crippen molar-refractivity contribution < 1.29 is 27.7 Å². The van der Waals surface area contributed by atoms with E-state index in [0.29, 0.717) is 0 Å². The summed E-state index contributed by atoms with van der Waals surface area (Å²) < 4.78 is 34.1. The molecule has 0 aromatic carbocycles. The zero-order valence-corrected chi connectivity index (χ0v) is 2.94. The van der Waals surface area contributed by atoms with Gasteiger partial charge in [-0.25, -0.2) is 0 Å². The van der Waals surface area contributed by atoms with E-state index < -0.39 is 12.1 Å². The summed E-state index contributed by atoms with van der Waals surface area (Å²) in [4.78, 5) is 0. The van der Waals surface area contributed by atoms with Gasteiger partial charge >= 0.3 is 27.7 Å². The van der Waals surface area contributed by atoms with E-state index in [4.69, 9.17) is 15.6 Å². The van der Waals surface area contributed by atoms with Crippen LogP contribution < -0.4 is 0 Å². The molecule has 0 bridgehead atoms. The first-order valence-corrected chi connectivity index (χ1v) is 2.13. The third-order valence-corrected chi connectivity index (χ3v) is 0. The summed E-state index contributed by atoms with van der Waals surface area (Å²) in [5.41, 5.74) is 0. The van der Waals surface area contributed by atoms with Crippen molar-refractivity contribution in [2.24, 2.45) is 0 Å². The standard InChI is InChI=1S/Ni.4O/q-6;;;;. The molecule has 0 atom stereocenters. The maximum absolute atomic E-state index is 8.53. The summed E-state index contributed by atoms with van der Waals surface area (Å²) in [5.74, 6) is 0. The Labute approximate surface area is 28.6 Å². The monoisotopic (exact) mass is 122 g/mol. The average molecular weight is 123 g/mol. The average Bonchev–Trinajstić information content (AvgIpc) is 0.722. The Balaban J connectivity index is 6.05. The fraction of sp³-hybridized carbons (Fsp3) is 0. The van der Waals surface area contributed by atoms with E-state index in [9.17, 15) is 0 Å². The van der Waals surface area contributed by atoms with Crippen molar-refractivity contribution in [2.75, 3.05) is 0 Å². The van der Waals surface area contributed by atoms with E-state index in [1.165, 1.54) is 0 Å². The van der Waals surface area contributed by atoms with Gasteiger partial charge < -0.3 is 0 Å². The number of rotatable bonds is 0. The molecular formula is NiO4-6. The van der Waals surface area contributed by atoms with Crippen LogP contribution in [0.2, 0.25) is 0 Å². The van der Waals surface area contributed by atoms with Crippen LogP contribution in [0, 0.1) is 0 Å². The van der Waals surface area contributed by atoms with Crippen molar-refractivity contribution in [3.05, 3.63) is 0 Å². The first kappa shape index (κ1) is 4.69. The van der Waals surface area contributed by atoms with Crippen molar-refractivity contribution >= 4 is 0 Å². The summed E-state index contributed by atoms with van der Waals surface area (Å²) in [6.07, 6.45) is 0. The van der Waals surface area contributed by atoms with Gasteiger partial charge in [-0.2, -0.15) is 0 Å². The molecule has 0 radical (unpaired) electrons. The van der Waals surface area contributed by atoms with Gasteiger partial charge in [0, 0.05) is 0 Å². The molecule has 0 N–H and O–H groups in total. The Morgan fingerprint density at radius 1 is 0.800 bits per heavy atom. The molecule has 4 nitrogen and oxygen atoms in total. The van der Waals surface area contributed by atoms with Gasteiger partial charge in [-0.15, -0.1) is 0 Å². The molecule has 0 aliphatic heterocycles. The van der Waals surface area contributed by atoms with Crippen LogP contribution in [0.15, 0.2) is 0 Å². The summed E-state index contributed by atoms with van der Waals surface area (Å²) in [6.45, 7) is 0. The zero-order valence-electron chi connectivity index (χ0n) is 1.95. The van der Waals surface area contributed by atoms with Crippen LogP contribution in [-0.2, 0) is 27.7 Å². The molecular weight excluding hydrogens is 123 g/mol. The molecule has 0 unspecified atom stereocenters. The normalized spacial score (nSPS) is 14.4. The van der Waals surface area contributed by atoms with Crippen molar-refractivity contribution in [2.45, 2.75) is 0 Å². The topological polar surface area (TPSA) is 68.3 Å². The summed E-state index contributed by atoms with van der Waals surface area (Å²) in [7, 11) is 0. The van der Waals surface area contributed by atoms with Crippen molar-refractivity contribution in [3.63, 3.8) is 0 Å². The predicted octanol–water partition coefficient (Wildman–Crippen LogP) is -0.478. The molecule has 0 rings (SSSR count). The van der Waals surface area contributed by atoms with Crippen LogP contribution in [0.3, 0.4) is 0 Å². The molecule has 0 saturated heterocycles. The van der Waals surface area contributed by atoms with Gasteiger partial charge in [0.1, 0.15) is 0 Å². The molecule has 5 heteroatoms. The summed E-state index contributed by atoms with van der Waals surface area (Å²) in [5, 5.41) is 0. The first-order valence-electron chi connectivity index (χ1n) is 0.516. The zero-order chi connectivity index (χ0) is 4.50. The second kappa shape index (κ2) is 0.827. The molecule has 0 aromatic heterocycles. The second-order valence-electron chi connectivity index (χ2n) is 0.316. The third kappa shape index (κ3) is 113. The number of hydrogen-bond donors (Lipinski definition) is 0. The quantitative estimate of drug-likeness (QED) is 0.407. The van der Waals surface area contributed by atoms with Crippen LogP contribution in [0.4, 0.5) is 0 Å². The number of hydrogen-bond acceptors (Lipinski definition) is 4. The molecule has 0 aromatic rings. The van der Waals surface area contributed by atoms with Gasteiger partial charge in [0.05, 0.1) is 0 Å². The van der Waals surface area contributed by atoms with Gasteiger partial charge in [-0.3, -0.25) is 0 Å². The van der Waals surface area contributed by atoms with E-state index in [0.717, 1.165) is 0 Å². The molecule has 5 heavy (non-hydrogen) atoms. The Bertz CT molecular complexity index is 155. The SMILES string of the molecule is [O]=[Ni-6](=[O])(=[O])=[O]. The maximum atomic E-state index is 8.53.